The molecule has 0 aliphatic carbocycles. The van der Waals surface area contributed by atoms with Gasteiger partial charge in [0, 0.05) is 6.20 Å². The Hall–Kier alpha value is -2.58. The lowest BCUT2D eigenvalue weighted by molar-refractivity contribution is 0.262. The largest absolute Gasteiger partial charge is 0.324 e. The standard InChI is InChI=1S/C13H9ClN4O/c14-10-3-1-2-4-11(10)17-13(19)18-12-6-5-9(7-15)8-16-12/h1-6,8H,(H2,16,17,18,19). The average molecular weight is 273 g/mol. The Morgan fingerprint density at radius 2 is 2.00 bits per heavy atom. The maximum absolute atomic E-state index is 11.7. The molecule has 1 aromatic heterocycles. The van der Waals surface area contributed by atoms with E-state index in [4.69, 9.17) is 16.9 Å². The number of carbonyl (C=O) groups excluding carboxylic acids is 1. The summed E-state index contributed by atoms with van der Waals surface area (Å²) in [6.07, 6.45) is 1.38. The Morgan fingerprint density at radius 1 is 1.21 bits per heavy atom. The van der Waals surface area contributed by atoms with Crippen molar-refractivity contribution in [2.45, 2.75) is 0 Å². The Morgan fingerprint density at radius 3 is 2.63 bits per heavy atom. The average Bonchev–Trinajstić information content (AvgIpc) is 2.42. The summed E-state index contributed by atoms with van der Waals surface area (Å²) in [4.78, 5) is 15.6. The van der Waals surface area contributed by atoms with Crippen LogP contribution in [0.3, 0.4) is 0 Å². The number of hydrogen-bond acceptors (Lipinski definition) is 3. The number of urea groups is 1. The summed E-state index contributed by atoms with van der Waals surface area (Å²) in [5.41, 5.74) is 0.937. The van der Waals surface area contributed by atoms with Crippen LogP contribution in [0.5, 0.6) is 0 Å². The second kappa shape index (κ2) is 5.85. The molecule has 2 aromatic rings. The molecule has 0 radical (unpaired) electrons. The molecule has 2 amide bonds. The van der Waals surface area contributed by atoms with Gasteiger partial charge in [-0.25, -0.2) is 9.78 Å². The highest BCUT2D eigenvalue weighted by molar-refractivity contribution is 6.33. The summed E-state index contributed by atoms with van der Waals surface area (Å²) >= 11 is 5.92. The van der Waals surface area contributed by atoms with Crippen LogP contribution in [0.25, 0.3) is 0 Å². The third kappa shape index (κ3) is 3.44. The Kier molecular flexibility index (Phi) is 3.96. The van der Waals surface area contributed by atoms with Crippen molar-refractivity contribution in [1.29, 1.82) is 5.26 Å². The smallest absolute Gasteiger partial charge is 0.306 e. The quantitative estimate of drug-likeness (QED) is 0.881. The lowest BCUT2D eigenvalue weighted by Crippen LogP contribution is -2.20. The number of halogens is 1. The van der Waals surface area contributed by atoms with Gasteiger partial charge in [0.2, 0.25) is 0 Å². The highest BCUT2D eigenvalue weighted by Crippen LogP contribution is 2.20. The van der Waals surface area contributed by atoms with Gasteiger partial charge in [-0.05, 0) is 24.3 Å². The number of anilines is 2. The van der Waals surface area contributed by atoms with Crippen LogP contribution < -0.4 is 10.6 Å². The molecule has 0 bridgehead atoms. The molecular weight excluding hydrogens is 264 g/mol. The maximum atomic E-state index is 11.7. The molecule has 0 spiro atoms. The van der Waals surface area contributed by atoms with Gasteiger partial charge in [0.25, 0.3) is 0 Å². The van der Waals surface area contributed by atoms with Crippen LogP contribution in [0, 0.1) is 11.3 Å². The third-order valence-corrected chi connectivity index (χ3v) is 2.59. The van der Waals surface area contributed by atoms with Crippen LogP contribution in [0.1, 0.15) is 5.56 Å². The molecule has 19 heavy (non-hydrogen) atoms. The number of nitriles is 1. The second-order valence-corrected chi connectivity index (χ2v) is 4.01. The molecule has 2 N–H and O–H groups in total. The van der Waals surface area contributed by atoms with E-state index in [1.165, 1.54) is 6.20 Å². The number of pyridine rings is 1. The second-order valence-electron chi connectivity index (χ2n) is 3.60. The monoisotopic (exact) mass is 272 g/mol. The first-order valence-electron chi connectivity index (χ1n) is 5.38. The van der Waals surface area contributed by atoms with Gasteiger partial charge in [-0.1, -0.05) is 23.7 Å². The first-order chi connectivity index (χ1) is 9.19. The normalized spacial score (nSPS) is 9.47. The molecule has 0 unspecified atom stereocenters. The van der Waals surface area contributed by atoms with Gasteiger partial charge >= 0.3 is 6.03 Å². The molecule has 0 atom stereocenters. The molecular formula is C13H9ClN4O. The molecule has 0 aliphatic heterocycles. The zero-order valence-electron chi connectivity index (χ0n) is 9.72. The summed E-state index contributed by atoms with van der Waals surface area (Å²) in [5, 5.41) is 14.2. The van der Waals surface area contributed by atoms with Crippen LogP contribution in [0.2, 0.25) is 5.02 Å². The fraction of sp³-hybridized carbons (Fsp3) is 0. The lowest BCUT2D eigenvalue weighted by atomic mass is 10.3. The van der Waals surface area contributed by atoms with Crippen LogP contribution in [-0.4, -0.2) is 11.0 Å². The van der Waals surface area contributed by atoms with E-state index >= 15 is 0 Å². The summed E-state index contributed by atoms with van der Waals surface area (Å²) in [5.74, 6) is 0.351. The summed E-state index contributed by atoms with van der Waals surface area (Å²) < 4.78 is 0. The van der Waals surface area contributed by atoms with E-state index in [0.717, 1.165) is 0 Å². The fourth-order valence-electron chi connectivity index (χ4n) is 1.37. The van der Waals surface area contributed by atoms with Crippen molar-refractivity contribution in [3.63, 3.8) is 0 Å². The first-order valence-corrected chi connectivity index (χ1v) is 5.75. The summed E-state index contributed by atoms with van der Waals surface area (Å²) in [6, 6.07) is 11.5. The highest BCUT2D eigenvalue weighted by atomic mass is 35.5. The minimum Gasteiger partial charge on any atom is -0.306 e. The van der Waals surface area contributed by atoms with Crippen molar-refractivity contribution in [3.05, 3.63) is 53.2 Å². The van der Waals surface area contributed by atoms with Crippen molar-refractivity contribution in [3.8, 4) is 6.07 Å². The highest BCUT2D eigenvalue weighted by Gasteiger charge is 2.05. The molecule has 0 aliphatic rings. The number of nitrogens with one attached hydrogen (secondary N) is 2. The Bertz CT molecular complexity index is 634. The van der Waals surface area contributed by atoms with Crippen LogP contribution >= 0.6 is 11.6 Å². The molecule has 2 rings (SSSR count). The molecule has 0 saturated heterocycles. The van der Waals surface area contributed by atoms with Crippen molar-refractivity contribution in [1.82, 2.24) is 4.98 Å². The van der Waals surface area contributed by atoms with Gasteiger partial charge < -0.3 is 5.32 Å². The maximum Gasteiger partial charge on any atom is 0.324 e. The molecule has 0 saturated carbocycles. The number of carbonyl (C=O) groups is 1. The third-order valence-electron chi connectivity index (χ3n) is 2.26. The van der Waals surface area contributed by atoms with E-state index in [0.29, 0.717) is 22.1 Å². The Labute approximate surface area is 114 Å². The first kappa shape index (κ1) is 12.9. The SMILES string of the molecule is N#Cc1ccc(NC(=O)Nc2ccccc2Cl)nc1. The van der Waals surface area contributed by atoms with Crippen molar-refractivity contribution >= 4 is 29.1 Å². The molecule has 0 fully saturated rings. The van der Waals surface area contributed by atoms with E-state index < -0.39 is 6.03 Å². The minimum absolute atomic E-state index is 0.351. The predicted molar refractivity (Wildman–Crippen MR) is 73.0 cm³/mol. The lowest BCUT2D eigenvalue weighted by Gasteiger charge is -2.08. The summed E-state index contributed by atoms with van der Waals surface area (Å²) in [6.45, 7) is 0. The van der Waals surface area contributed by atoms with Gasteiger partial charge in [-0.15, -0.1) is 0 Å². The van der Waals surface area contributed by atoms with Gasteiger partial charge in [-0.2, -0.15) is 5.26 Å². The number of amides is 2. The van der Waals surface area contributed by atoms with Gasteiger partial charge in [0.1, 0.15) is 11.9 Å². The topological polar surface area (TPSA) is 77.8 Å². The number of benzene rings is 1. The Balaban J connectivity index is 2.01. The van der Waals surface area contributed by atoms with Gasteiger partial charge in [0.15, 0.2) is 0 Å². The number of hydrogen-bond donors (Lipinski definition) is 2. The molecule has 1 heterocycles. The minimum atomic E-state index is -0.453. The number of nitrogens with zero attached hydrogens (tertiary/aromatic N) is 2. The van der Waals surface area contributed by atoms with E-state index in [1.807, 2.05) is 6.07 Å². The van der Waals surface area contributed by atoms with Gasteiger partial charge in [-0.3, -0.25) is 5.32 Å². The zero-order chi connectivity index (χ0) is 13.7. The van der Waals surface area contributed by atoms with Crippen LogP contribution in [0.4, 0.5) is 16.3 Å². The number of para-hydroxylation sites is 1. The summed E-state index contributed by atoms with van der Waals surface area (Å²) in [7, 11) is 0. The van der Waals surface area contributed by atoms with Crippen LogP contribution in [-0.2, 0) is 0 Å². The predicted octanol–water partition coefficient (Wildman–Crippen LogP) is 3.25. The fourth-order valence-corrected chi connectivity index (χ4v) is 1.55. The van der Waals surface area contributed by atoms with E-state index in [1.54, 1.807) is 36.4 Å². The molecule has 94 valence electrons. The van der Waals surface area contributed by atoms with Crippen LogP contribution in [0.15, 0.2) is 42.6 Å². The van der Waals surface area contributed by atoms with E-state index in [-0.39, 0.29) is 0 Å². The van der Waals surface area contributed by atoms with Gasteiger partial charge in [0.05, 0.1) is 16.3 Å². The molecule has 1 aromatic carbocycles. The number of rotatable bonds is 2. The van der Waals surface area contributed by atoms with E-state index in [2.05, 4.69) is 15.6 Å². The molecule has 6 heteroatoms. The molecule has 5 nitrogen and oxygen atoms in total. The van der Waals surface area contributed by atoms with Crippen molar-refractivity contribution < 1.29 is 4.79 Å². The zero-order valence-corrected chi connectivity index (χ0v) is 10.5. The van der Waals surface area contributed by atoms with E-state index in [9.17, 15) is 4.79 Å². The van der Waals surface area contributed by atoms with Crippen molar-refractivity contribution in [2.24, 2.45) is 0 Å². The van der Waals surface area contributed by atoms with Crippen molar-refractivity contribution in [2.75, 3.05) is 10.6 Å². The number of aromatic nitrogens is 1.